The van der Waals surface area contributed by atoms with Crippen LogP contribution in [0.4, 0.5) is 0 Å². The van der Waals surface area contributed by atoms with Gasteiger partial charge in [-0.15, -0.1) is 0 Å². The molecule has 1 aromatic rings. The number of nitrogens with zero attached hydrogens (tertiary/aromatic N) is 1. The van der Waals surface area contributed by atoms with Crippen LogP contribution in [0, 0.1) is 18.3 Å². The number of hydrogen-bond donors (Lipinski definition) is 1. The Hall–Kier alpha value is -0.980. The molecule has 102 valence electrons. The Morgan fingerprint density at radius 1 is 1.47 bits per heavy atom. The van der Waals surface area contributed by atoms with E-state index < -0.39 is 0 Å². The predicted molar refractivity (Wildman–Crippen MR) is 82.1 cm³/mol. The van der Waals surface area contributed by atoms with E-state index in [9.17, 15) is 5.26 Å². The first-order valence-corrected chi connectivity index (χ1v) is 8.00. The van der Waals surface area contributed by atoms with Gasteiger partial charge in [0.15, 0.2) is 0 Å². The Labute approximate surface area is 120 Å². The van der Waals surface area contributed by atoms with Gasteiger partial charge in [0.25, 0.3) is 0 Å². The minimum atomic E-state index is -0.290. The number of benzene rings is 1. The first-order valence-electron chi connectivity index (χ1n) is 6.95. The fourth-order valence-electron chi connectivity index (χ4n) is 2.73. The normalized spacial score (nSPS) is 26.9. The van der Waals surface area contributed by atoms with Gasteiger partial charge in [-0.05, 0) is 50.8 Å². The molecule has 3 heteroatoms. The van der Waals surface area contributed by atoms with E-state index in [1.54, 1.807) is 0 Å². The number of thioether (sulfide) groups is 1. The van der Waals surface area contributed by atoms with Gasteiger partial charge >= 0.3 is 0 Å². The highest BCUT2D eigenvalue weighted by molar-refractivity contribution is 7.99. The van der Waals surface area contributed by atoms with E-state index in [2.05, 4.69) is 42.6 Å². The minimum Gasteiger partial charge on any atom is -0.302 e. The lowest BCUT2D eigenvalue weighted by atomic mass is 9.83. The highest BCUT2D eigenvalue weighted by Gasteiger charge is 2.35. The molecule has 1 aliphatic carbocycles. The molecule has 1 N–H and O–H groups in total. The minimum absolute atomic E-state index is 0.290. The zero-order valence-electron chi connectivity index (χ0n) is 11.8. The second-order valence-corrected chi connectivity index (χ2v) is 6.69. The third-order valence-electron chi connectivity index (χ3n) is 4.13. The van der Waals surface area contributed by atoms with Crippen LogP contribution in [0.2, 0.25) is 0 Å². The van der Waals surface area contributed by atoms with E-state index in [1.807, 2.05) is 18.8 Å². The van der Waals surface area contributed by atoms with E-state index in [-0.39, 0.29) is 5.54 Å². The Balaban J connectivity index is 1.94. The summed E-state index contributed by atoms with van der Waals surface area (Å²) in [7, 11) is 1.91. The zero-order chi connectivity index (χ0) is 13.7. The molecule has 1 aliphatic rings. The molecule has 1 saturated carbocycles. The molecule has 2 unspecified atom stereocenters. The predicted octanol–water partition coefficient (Wildman–Crippen LogP) is 3.65. The number of rotatable bonds is 4. The molecule has 0 radical (unpaired) electrons. The molecule has 0 saturated heterocycles. The van der Waals surface area contributed by atoms with Crippen LogP contribution in [-0.4, -0.2) is 17.8 Å². The number of nitrogens with one attached hydrogen (secondary N) is 1. The molecule has 1 aromatic carbocycles. The lowest BCUT2D eigenvalue weighted by Crippen LogP contribution is -2.46. The van der Waals surface area contributed by atoms with E-state index >= 15 is 0 Å². The number of aryl methyl sites for hydroxylation is 1. The van der Waals surface area contributed by atoms with Crippen molar-refractivity contribution >= 4 is 11.8 Å². The van der Waals surface area contributed by atoms with Gasteiger partial charge in [0.05, 0.1) is 6.07 Å². The monoisotopic (exact) mass is 274 g/mol. The lowest BCUT2D eigenvalue weighted by Gasteiger charge is -2.35. The van der Waals surface area contributed by atoms with Crippen molar-refractivity contribution in [2.75, 3.05) is 7.05 Å². The standard InChI is InChI=1S/C16H22N2S/c1-13-6-3-4-7-14(13)11-19-15-8-5-9-16(10-15,12-17)18-2/h3-4,6-7,15,18H,5,8-11H2,1-2H3. The molecule has 0 bridgehead atoms. The molecular weight excluding hydrogens is 252 g/mol. The van der Waals surface area contributed by atoms with Gasteiger partial charge in [-0.2, -0.15) is 17.0 Å². The summed E-state index contributed by atoms with van der Waals surface area (Å²) in [6, 6.07) is 11.1. The van der Waals surface area contributed by atoms with Crippen molar-refractivity contribution in [2.24, 2.45) is 0 Å². The Morgan fingerprint density at radius 3 is 2.95 bits per heavy atom. The van der Waals surface area contributed by atoms with Gasteiger partial charge in [0.2, 0.25) is 0 Å². The van der Waals surface area contributed by atoms with Crippen LogP contribution < -0.4 is 5.32 Å². The van der Waals surface area contributed by atoms with Gasteiger partial charge in [-0.25, -0.2) is 0 Å². The van der Waals surface area contributed by atoms with Crippen molar-refractivity contribution in [3.05, 3.63) is 35.4 Å². The topological polar surface area (TPSA) is 35.8 Å². The van der Waals surface area contributed by atoms with Crippen molar-refractivity contribution in [2.45, 2.75) is 49.1 Å². The van der Waals surface area contributed by atoms with Crippen LogP contribution in [0.3, 0.4) is 0 Å². The summed E-state index contributed by atoms with van der Waals surface area (Å²) in [5.41, 5.74) is 2.50. The number of nitriles is 1. The molecule has 0 aliphatic heterocycles. The highest BCUT2D eigenvalue weighted by atomic mass is 32.2. The maximum atomic E-state index is 9.37. The van der Waals surface area contributed by atoms with Crippen molar-refractivity contribution in [3.63, 3.8) is 0 Å². The highest BCUT2D eigenvalue weighted by Crippen LogP contribution is 2.36. The summed E-state index contributed by atoms with van der Waals surface area (Å²) in [4.78, 5) is 0. The molecule has 19 heavy (non-hydrogen) atoms. The first kappa shape index (κ1) is 14.4. The van der Waals surface area contributed by atoms with Gasteiger partial charge < -0.3 is 5.32 Å². The van der Waals surface area contributed by atoms with Crippen LogP contribution >= 0.6 is 11.8 Å². The summed E-state index contributed by atoms with van der Waals surface area (Å²) >= 11 is 2.01. The molecule has 2 rings (SSSR count). The molecule has 0 heterocycles. The zero-order valence-corrected chi connectivity index (χ0v) is 12.6. The fourth-order valence-corrected chi connectivity index (χ4v) is 4.21. The summed E-state index contributed by atoms with van der Waals surface area (Å²) in [5.74, 6) is 1.06. The fraction of sp³-hybridized carbons (Fsp3) is 0.562. The quantitative estimate of drug-likeness (QED) is 0.910. The maximum absolute atomic E-state index is 9.37. The van der Waals surface area contributed by atoms with Crippen molar-refractivity contribution < 1.29 is 0 Å². The maximum Gasteiger partial charge on any atom is 0.107 e. The van der Waals surface area contributed by atoms with E-state index in [1.165, 1.54) is 17.5 Å². The molecule has 2 nitrogen and oxygen atoms in total. The summed E-state index contributed by atoms with van der Waals surface area (Å²) in [5, 5.41) is 13.2. The second-order valence-electron chi connectivity index (χ2n) is 5.40. The van der Waals surface area contributed by atoms with Crippen molar-refractivity contribution in [1.29, 1.82) is 5.26 Å². The smallest absolute Gasteiger partial charge is 0.107 e. The third kappa shape index (κ3) is 3.52. The third-order valence-corrected chi connectivity index (χ3v) is 5.49. The lowest BCUT2D eigenvalue weighted by molar-refractivity contribution is 0.323. The van der Waals surface area contributed by atoms with Crippen LogP contribution in [0.1, 0.15) is 36.8 Å². The van der Waals surface area contributed by atoms with Crippen LogP contribution in [0.25, 0.3) is 0 Å². The summed E-state index contributed by atoms with van der Waals surface area (Å²) in [6.45, 7) is 2.17. The van der Waals surface area contributed by atoms with E-state index in [0.717, 1.165) is 25.0 Å². The van der Waals surface area contributed by atoms with Crippen molar-refractivity contribution in [1.82, 2.24) is 5.32 Å². The van der Waals surface area contributed by atoms with Gasteiger partial charge in [-0.1, -0.05) is 24.3 Å². The van der Waals surface area contributed by atoms with E-state index in [4.69, 9.17) is 0 Å². The molecule has 0 spiro atoms. The van der Waals surface area contributed by atoms with Gasteiger partial charge in [0, 0.05) is 11.0 Å². The van der Waals surface area contributed by atoms with Gasteiger partial charge in [0.1, 0.15) is 5.54 Å². The van der Waals surface area contributed by atoms with Crippen molar-refractivity contribution in [3.8, 4) is 6.07 Å². The van der Waals surface area contributed by atoms with Crippen LogP contribution in [0.5, 0.6) is 0 Å². The average molecular weight is 274 g/mol. The average Bonchev–Trinajstić information content (AvgIpc) is 2.46. The summed E-state index contributed by atoms with van der Waals surface area (Å²) < 4.78 is 0. The van der Waals surface area contributed by atoms with Crippen LogP contribution in [-0.2, 0) is 5.75 Å². The molecular formula is C16H22N2S. The largest absolute Gasteiger partial charge is 0.302 e. The Morgan fingerprint density at radius 2 is 2.26 bits per heavy atom. The molecule has 1 fully saturated rings. The first-order chi connectivity index (χ1) is 9.19. The van der Waals surface area contributed by atoms with E-state index in [0.29, 0.717) is 5.25 Å². The SMILES string of the molecule is CNC1(C#N)CCCC(SCc2ccccc2C)C1. The Kier molecular flexibility index (Phi) is 4.90. The van der Waals surface area contributed by atoms with Gasteiger partial charge in [-0.3, -0.25) is 0 Å². The number of hydrogen-bond acceptors (Lipinski definition) is 3. The van der Waals surface area contributed by atoms with Crippen LogP contribution in [0.15, 0.2) is 24.3 Å². The Bertz CT molecular complexity index is 466. The summed E-state index contributed by atoms with van der Waals surface area (Å²) in [6.07, 6.45) is 4.35. The second kappa shape index (κ2) is 6.45. The molecule has 0 aromatic heterocycles. The molecule has 0 amide bonds. The molecule has 2 atom stereocenters.